The number of nitrogens with zero attached hydrogens (tertiary/aromatic N) is 4. The van der Waals surface area contributed by atoms with E-state index in [0.717, 1.165) is 0 Å². The lowest BCUT2D eigenvalue weighted by atomic mass is 10.3. The summed E-state index contributed by atoms with van der Waals surface area (Å²) in [5, 5.41) is 11.5. The molecule has 0 spiro atoms. The molecule has 0 saturated carbocycles. The minimum absolute atomic E-state index is 0.0623. The van der Waals surface area contributed by atoms with E-state index in [1.807, 2.05) is 6.07 Å². The van der Waals surface area contributed by atoms with Gasteiger partial charge < -0.3 is 14.4 Å². The number of morpholine rings is 1. The average molecular weight is 302 g/mol. The molecule has 1 aliphatic rings. The molecule has 114 valence electrons. The van der Waals surface area contributed by atoms with Crippen LogP contribution in [-0.4, -0.2) is 41.2 Å². The Kier molecular flexibility index (Phi) is 4.10. The van der Waals surface area contributed by atoms with Crippen molar-refractivity contribution in [3.8, 4) is 11.6 Å². The van der Waals surface area contributed by atoms with Crippen LogP contribution < -0.4 is 9.64 Å². The molecule has 1 aliphatic heterocycles. The zero-order chi connectivity index (χ0) is 15.4. The maximum absolute atomic E-state index is 11.5. The van der Waals surface area contributed by atoms with Crippen LogP contribution in [0.3, 0.4) is 0 Å². The van der Waals surface area contributed by atoms with Crippen molar-refractivity contribution in [3.63, 3.8) is 0 Å². The quantitative estimate of drug-likeness (QED) is 0.630. The molecule has 2 aromatic rings. The molecule has 0 bridgehead atoms. The molecule has 1 aromatic carbocycles. The van der Waals surface area contributed by atoms with Crippen molar-refractivity contribution in [2.45, 2.75) is 0 Å². The number of ether oxygens (including phenoxy) is 2. The lowest BCUT2D eigenvalue weighted by Gasteiger charge is -2.27. The third kappa shape index (κ3) is 2.96. The highest BCUT2D eigenvalue weighted by Gasteiger charge is 2.29. The molecule has 1 aromatic heterocycles. The van der Waals surface area contributed by atoms with Gasteiger partial charge in [-0.3, -0.25) is 10.1 Å². The molecule has 0 amide bonds. The normalized spacial score (nSPS) is 14.6. The number of para-hydroxylation sites is 1. The number of rotatable bonds is 4. The summed E-state index contributed by atoms with van der Waals surface area (Å²) in [6.07, 6.45) is 1.27. The van der Waals surface area contributed by atoms with Crippen LogP contribution in [0.2, 0.25) is 0 Å². The van der Waals surface area contributed by atoms with Crippen LogP contribution in [0.15, 0.2) is 36.7 Å². The standard InChI is InChI=1S/C14H14N4O4/c19-18(20)12-13(17-6-8-21-9-7-17)15-10-16-14(12)22-11-4-2-1-3-5-11/h1-5,10H,6-9H2. The highest BCUT2D eigenvalue weighted by atomic mass is 16.6. The van der Waals surface area contributed by atoms with Gasteiger partial charge >= 0.3 is 11.6 Å². The second-order valence-electron chi connectivity index (χ2n) is 4.62. The van der Waals surface area contributed by atoms with E-state index in [0.29, 0.717) is 32.1 Å². The molecular weight excluding hydrogens is 288 g/mol. The number of nitro groups is 1. The van der Waals surface area contributed by atoms with Crippen LogP contribution in [0.25, 0.3) is 0 Å². The van der Waals surface area contributed by atoms with Crippen molar-refractivity contribution < 1.29 is 14.4 Å². The van der Waals surface area contributed by atoms with E-state index < -0.39 is 4.92 Å². The van der Waals surface area contributed by atoms with Gasteiger partial charge in [0.1, 0.15) is 12.1 Å². The maximum Gasteiger partial charge on any atom is 0.373 e. The van der Waals surface area contributed by atoms with E-state index in [4.69, 9.17) is 9.47 Å². The van der Waals surface area contributed by atoms with Crippen LogP contribution in [0.1, 0.15) is 0 Å². The molecular formula is C14H14N4O4. The maximum atomic E-state index is 11.5. The van der Waals surface area contributed by atoms with E-state index in [1.165, 1.54) is 6.33 Å². The van der Waals surface area contributed by atoms with Crippen molar-refractivity contribution in [2.24, 2.45) is 0 Å². The fourth-order valence-corrected chi connectivity index (χ4v) is 2.20. The molecule has 0 atom stereocenters. The van der Waals surface area contributed by atoms with Crippen LogP contribution in [0.4, 0.5) is 11.5 Å². The Morgan fingerprint density at radius 3 is 2.59 bits per heavy atom. The summed E-state index contributed by atoms with van der Waals surface area (Å²) >= 11 is 0. The van der Waals surface area contributed by atoms with E-state index >= 15 is 0 Å². The van der Waals surface area contributed by atoms with Gasteiger partial charge in [0.15, 0.2) is 0 Å². The predicted molar refractivity (Wildman–Crippen MR) is 78.2 cm³/mol. The zero-order valence-electron chi connectivity index (χ0n) is 11.7. The van der Waals surface area contributed by atoms with Crippen LogP contribution in [0, 0.1) is 10.1 Å². The molecule has 8 nitrogen and oxygen atoms in total. The van der Waals surface area contributed by atoms with E-state index in [1.54, 1.807) is 29.2 Å². The first-order valence-corrected chi connectivity index (χ1v) is 6.80. The molecule has 1 fully saturated rings. The predicted octanol–water partition coefficient (Wildman–Crippen LogP) is 2.01. The van der Waals surface area contributed by atoms with Gasteiger partial charge in [0.2, 0.25) is 5.82 Å². The third-order valence-electron chi connectivity index (χ3n) is 3.22. The molecule has 0 aliphatic carbocycles. The SMILES string of the molecule is O=[N+]([O-])c1c(Oc2ccccc2)ncnc1N1CCOCC1. The Bertz CT molecular complexity index is 659. The van der Waals surface area contributed by atoms with Gasteiger partial charge in [-0.1, -0.05) is 18.2 Å². The summed E-state index contributed by atoms with van der Waals surface area (Å²) in [7, 11) is 0. The van der Waals surface area contributed by atoms with Crippen molar-refractivity contribution in [1.82, 2.24) is 9.97 Å². The number of aromatic nitrogens is 2. The Labute approximate surface area is 126 Å². The second-order valence-corrected chi connectivity index (χ2v) is 4.62. The van der Waals surface area contributed by atoms with Gasteiger partial charge in [-0.2, -0.15) is 4.98 Å². The Morgan fingerprint density at radius 2 is 1.91 bits per heavy atom. The number of benzene rings is 1. The van der Waals surface area contributed by atoms with Gasteiger partial charge in [-0.05, 0) is 12.1 Å². The highest BCUT2D eigenvalue weighted by Crippen LogP contribution is 2.36. The molecule has 22 heavy (non-hydrogen) atoms. The van der Waals surface area contributed by atoms with Gasteiger partial charge in [-0.15, -0.1) is 0 Å². The molecule has 1 saturated heterocycles. The Balaban J connectivity index is 1.97. The largest absolute Gasteiger partial charge is 0.434 e. The Morgan fingerprint density at radius 1 is 1.18 bits per heavy atom. The van der Waals surface area contributed by atoms with Gasteiger partial charge in [0.05, 0.1) is 18.1 Å². The molecule has 0 N–H and O–H groups in total. The fraction of sp³-hybridized carbons (Fsp3) is 0.286. The monoisotopic (exact) mass is 302 g/mol. The van der Waals surface area contributed by atoms with Crippen LogP contribution in [0.5, 0.6) is 11.6 Å². The average Bonchev–Trinajstić information content (AvgIpc) is 2.56. The second kappa shape index (κ2) is 6.35. The zero-order valence-corrected chi connectivity index (χ0v) is 11.7. The van der Waals surface area contributed by atoms with Gasteiger partial charge in [0, 0.05) is 13.1 Å². The van der Waals surface area contributed by atoms with Crippen molar-refractivity contribution >= 4 is 11.5 Å². The number of hydrogen-bond acceptors (Lipinski definition) is 7. The minimum atomic E-state index is -0.511. The third-order valence-corrected chi connectivity index (χ3v) is 3.22. The lowest BCUT2D eigenvalue weighted by molar-refractivity contribution is -0.385. The van der Waals surface area contributed by atoms with E-state index in [9.17, 15) is 10.1 Å². The minimum Gasteiger partial charge on any atom is -0.434 e. The first-order chi connectivity index (χ1) is 10.8. The first-order valence-electron chi connectivity index (χ1n) is 6.80. The van der Waals surface area contributed by atoms with Crippen molar-refractivity contribution in [2.75, 3.05) is 31.2 Å². The summed E-state index contributed by atoms with van der Waals surface area (Å²) in [5.74, 6) is 0.680. The summed E-state index contributed by atoms with van der Waals surface area (Å²) in [6.45, 7) is 2.11. The Hall–Kier alpha value is -2.74. The summed E-state index contributed by atoms with van der Waals surface area (Å²) in [6, 6.07) is 8.82. The first kappa shape index (κ1) is 14.2. The van der Waals surface area contributed by atoms with Gasteiger partial charge in [-0.25, -0.2) is 4.98 Å². The smallest absolute Gasteiger partial charge is 0.373 e. The highest BCUT2D eigenvalue weighted by molar-refractivity contribution is 5.63. The molecule has 3 rings (SSSR count). The van der Waals surface area contributed by atoms with E-state index in [-0.39, 0.29) is 17.4 Å². The van der Waals surface area contributed by atoms with Crippen LogP contribution in [-0.2, 0) is 4.74 Å². The topological polar surface area (TPSA) is 90.6 Å². The van der Waals surface area contributed by atoms with Crippen LogP contribution >= 0.6 is 0 Å². The summed E-state index contributed by atoms with van der Waals surface area (Å²) in [5.41, 5.74) is -0.228. The summed E-state index contributed by atoms with van der Waals surface area (Å²) < 4.78 is 10.8. The lowest BCUT2D eigenvalue weighted by Crippen LogP contribution is -2.37. The number of hydrogen-bond donors (Lipinski definition) is 0. The molecule has 2 heterocycles. The van der Waals surface area contributed by atoms with Crippen molar-refractivity contribution in [1.29, 1.82) is 0 Å². The van der Waals surface area contributed by atoms with Crippen molar-refractivity contribution in [3.05, 3.63) is 46.8 Å². The molecule has 8 heteroatoms. The summed E-state index contributed by atoms with van der Waals surface area (Å²) in [4.78, 5) is 20.7. The molecule has 0 unspecified atom stereocenters. The fourth-order valence-electron chi connectivity index (χ4n) is 2.20. The van der Waals surface area contributed by atoms with Gasteiger partial charge in [0.25, 0.3) is 0 Å². The number of anilines is 1. The van der Waals surface area contributed by atoms with E-state index in [2.05, 4.69) is 9.97 Å². The molecule has 0 radical (unpaired) electrons.